The summed E-state index contributed by atoms with van der Waals surface area (Å²) in [4.78, 5) is 0. The van der Waals surface area contributed by atoms with Crippen LogP contribution in [-0.4, -0.2) is 34.9 Å². The van der Waals surface area contributed by atoms with E-state index in [1.807, 2.05) is 0 Å². The third-order valence-corrected chi connectivity index (χ3v) is 2.78. The number of rotatable bonds is 1. The first-order valence-electron chi connectivity index (χ1n) is 5.54. The van der Waals surface area contributed by atoms with Gasteiger partial charge in [-0.25, -0.2) is 0 Å². The second kappa shape index (κ2) is 26.3. The van der Waals surface area contributed by atoms with Gasteiger partial charge in [-0.1, -0.05) is 20.8 Å². The topological polar surface area (TPSA) is 71.4 Å². The van der Waals surface area contributed by atoms with Gasteiger partial charge in [0.2, 0.25) is 0 Å². The van der Waals surface area contributed by atoms with Crippen molar-refractivity contribution in [2.75, 3.05) is 19.6 Å². The Balaban J connectivity index is -0.0000000840. The maximum atomic E-state index is 11.8. The zero-order valence-electron chi connectivity index (χ0n) is 11.3. The molecule has 104 valence electrons. The number of allylic oxidation sites excluding steroid dienone is 4. The molecular weight excluding hydrogens is 376 g/mol. The minimum absolute atomic E-state index is 0. The van der Waals surface area contributed by atoms with Crippen LogP contribution >= 0.6 is 0 Å². The third-order valence-electron chi connectivity index (χ3n) is 0.957. The number of hydrogen-bond donors (Lipinski definition) is 0. The van der Waals surface area contributed by atoms with Crippen LogP contribution in [0.25, 0.3) is 17.2 Å². The molecule has 3 nitrogen and oxygen atoms in total. The van der Waals surface area contributed by atoms with Crippen molar-refractivity contribution in [3.05, 3.63) is 39.8 Å². The fourth-order valence-corrected chi connectivity index (χ4v) is 1.73. The Kier molecular flexibility index (Phi) is 39.5. The molecule has 1 aliphatic carbocycles. The molecule has 0 aromatic rings. The monoisotopic (exact) mass is 399 g/mol. The van der Waals surface area contributed by atoms with Gasteiger partial charge in [0.25, 0.3) is 0 Å². The minimum atomic E-state index is -3.91. The molecule has 0 fully saturated rings. The molecule has 1 rings (SSSR count). The van der Waals surface area contributed by atoms with Crippen molar-refractivity contribution in [3.63, 3.8) is 0 Å². The van der Waals surface area contributed by atoms with Crippen LogP contribution in [0.1, 0.15) is 27.2 Å². The number of halogens is 2. The van der Waals surface area contributed by atoms with E-state index in [4.69, 9.17) is 17.2 Å². The molecule has 0 aromatic carbocycles. The van der Waals surface area contributed by atoms with Crippen LogP contribution in [0, 0.1) is 6.08 Å². The Bertz CT molecular complexity index is 186. The fourth-order valence-electron chi connectivity index (χ4n) is 0.571. The van der Waals surface area contributed by atoms with Gasteiger partial charge in [-0.05, 0) is 0 Å². The first-order valence-corrected chi connectivity index (χ1v) is 8.58. The minimum Gasteiger partial charge on any atom is 4.00 e. The third kappa shape index (κ3) is 30.0. The van der Waals surface area contributed by atoms with E-state index in [0.29, 0.717) is 26.1 Å². The second-order valence-electron chi connectivity index (χ2n) is 2.60. The summed E-state index contributed by atoms with van der Waals surface area (Å²) in [6.07, 6.45) is 6.39. The van der Waals surface area contributed by atoms with E-state index in [0.717, 1.165) is 0 Å². The van der Waals surface area contributed by atoms with E-state index in [1.165, 1.54) is 6.08 Å². The molecule has 0 atom stereocenters. The summed E-state index contributed by atoms with van der Waals surface area (Å²) < 4.78 is 23.8. The average Bonchev–Trinajstić information content (AvgIpc) is 2.73. The van der Waals surface area contributed by atoms with E-state index in [-0.39, 0.29) is 30.6 Å². The Morgan fingerprint density at radius 3 is 1.56 bits per heavy atom. The molecule has 0 aliphatic heterocycles. The predicted octanol–water partition coefficient (Wildman–Crippen LogP) is 4.55. The Labute approximate surface area is 134 Å². The van der Waals surface area contributed by atoms with Crippen LogP contribution < -0.4 is 0 Å². The van der Waals surface area contributed by atoms with Crippen molar-refractivity contribution in [2.45, 2.75) is 27.2 Å². The zero-order valence-corrected chi connectivity index (χ0v) is 16.2. The Morgan fingerprint density at radius 2 is 1.44 bits per heavy atom. The standard InChI is InChI=1S/C5H5F2Ge.3C2H6N.Zr/c6-8(7)5-3-1-2-4-5;3*1-2-3;/h1,3,8H,2H2;3*3H,2H2,1H3;/q4*-1;+4. The van der Waals surface area contributed by atoms with Gasteiger partial charge in [-0.3, -0.25) is 0 Å². The number of hydrogen-bond acceptors (Lipinski definition) is 0. The predicted molar refractivity (Wildman–Crippen MR) is 74.5 cm³/mol. The molecule has 0 amide bonds. The molecular formula is C11H23F2GeN3Zr. The van der Waals surface area contributed by atoms with E-state index in [9.17, 15) is 7.00 Å². The van der Waals surface area contributed by atoms with Crippen molar-refractivity contribution in [2.24, 2.45) is 0 Å². The van der Waals surface area contributed by atoms with Gasteiger partial charge in [-0.15, -0.1) is 0 Å². The van der Waals surface area contributed by atoms with E-state index >= 15 is 0 Å². The summed E-state index contributed by atoms with van der Waals surface area (Å²) >= 11 is -3.91. The van der Waals surface area contributed by atoms with Crippen LogP contribution in [0.3, 0.4) is 0 Å². The SMILES string of the molecule is CC[NH-].CC[NH-].CC[NH-].[F][GeH]([F])[C]1=[C-]CC=C1.[Zr+4]. The van der Waals surface area contributed by atoms with Crippen molar-refractivity contribution in [1.82, 2.24) is 0 Å². The molecule has 0 aromatic heterocycles. The van der Waals surface area contributed by atoms with E-state index < -0.39 is 15.3 Å². The fraction of sp³-hybridized carbons (Fsp3) is 0.636. The summed E-state index contributed by atoms with van der Waals surface area (Å²) in [5.41, 5.74) is 18.6. The molecule has 0 unspecified atom stereocenters. The van der Waals surface area contributed by atoms with Gasteiger partial charge in [0, 0.05) is 0 Å². The molecule has 0 saturated heterocycles. The van der Waals surface area contributed by atoms with E-state index in [2.05, 4.69) is 6.08 Å². The quantitative estimate of drug-likeness (QED) is 0.459. The maximum absolute atomic E-state index is 11.8. The normalized spacial score (nSPS) is 10.8. The Hall–Kier alpha value is 0.646. The second-order valence-corrected chi connectivity index (χ2v) is 5.17. The molecule has 0 heterocycles. The van der Waals surface area contributed by atoms with Gasteiger partial charge in [0.15, 0.2) is 0 Å². The van der Waals surface area contributed by atoms with Crippen LogP contribution in [0.15, 0.2) is 16.6 Å². The summed E-state index contributed by atoms with van der Waals surface area (Å²) in [6, 6.07) is 0. The average molecular weight is 399 g/mol. The summed E-state index contributed by atoms with van der Waals surface area (Å²) in [5.74, 6) is 0. The van der Waals surface area contributed by atoms with Gasteiger partial charge in [0.1, 0.15) is 0 Å². The van der Waals surface area contributed by atoms with Crippen LogP contribution in [0.2, 0.25) is 0 Å². The van der Waals surface area contributed by atoms with Crippen LogP contribution in [0.4, 0.5) is 7.00 Å². The number of nitrogens with one attached hydrogen (secondary N) is 3. The van der Waals surface area contributed by atoms with Crippen LogP contribution in [-0.2, 0) is 26.2 Å². The molecule has 0 spiro atoms. The first-order chi connectivity index (χ1) is 8.05. The maximum Gasteiger partial charge on any atom is 4.00 e. The molecule has 0 radical (unpaired) electrons. The molecule has 1 aliphatic rings. The molecule has 0 saturated carbocycles. The van der Waals surface area contributed by atoms with Crippen molar-refractivity contribution in [1.29, 1.82) is 0 Å². The first kappa shape index (κ1) is 27.1. The summed E-state index contributed by atoms with van der Waals surface area (Å²) in [5, 5.41) is 0. The Morgan fingerprint density at radius 1 is 1.11 bits per heavy atom. The molecule has 0 bridgehead atoms. The smallest absolute Gasteiger partial charge is 4.00 e. The van der Waals surface area contributed by atoms with Crippen molar-refractivity contribution in [3.8, 4) is 0 Å². The van der Waals surface area contributed by atoms with Crippen molar-refractivity contribution < 1.29 is 33.2 Å². The summed E-state index contributed by atoms with van der Waals surface area (Å²) in [7, 11) is 0. The molecule has 18 heavy (non-hydrogen) atoms. The molecule has 3 N–H and O–H groups in total. The van der Waals surface area contributed by atoms with Gasteiger partial charge in [0.05, 0.1) is 0 Å². The van der Waals surface area contributed by atoms with Gasteiger partial charge < -0.3 is 17.2 Å². The van der Waals surface area contributed by atoms with Gasteiger partial charge >= 0.3 is 77.5 Å². The zero-order chi connectivity index (χ0) is 14.1. The largest absolute Gasteiger partial charge is 4.00 e. The summed E-state index contributed by atoms with van der Waals surface area (Å²) in [6.45, 7) is 6.88. The van der Waals surface area contributed by atoms with E-state index in [1.54, 1.807) is 26.8 Å². The van der Waals surface area contributed by atoms with Gasteiger partial charge in [-0.2, -0.15) is 19.6 Å². The molecule has 7 heteroatoms. The van der Waals surface area contributed by atoms with Crippen molar-refractivity contribution >= 4 is 15.3 Å². The van der Waals surface area contributed by atoms with Crippen LogP contribution in [0.5, 0.6) is 0 Å².